The van der Waals surface area contributed by atoms with E-state index in [2.05, 4.69) is 28.2 Å². The summed E-state index contributed by atoms with van der Waals surface area (Å²) in [6.45, 7) is 10.8. The predicted octanol–water partition coefficient (Wildman–Crippen LogP) is 5.46. The fourth-order valence-electron chi connectivity index (χ4n) is 7.84. The molecule has 0 aliphatic carbocycles. The standard InChI is InChI=1S/C38H48F2N6O4/c1-6-45(28-11-15-50-16-12-28)33-20-27(18-30(25(33)4)36(47)41-21-31-23(2)17-24(3)42-37(31)48)26-7-8-32-34(19-26)43(5)38(49)46(32)29-9-13-44(14-10-29)22-35(39)40/h7-8,17-20,28-29,35H,6,9-16,21-22H2,1-5H3,(H,41,47)(H,42,48). The average molecular weight is 691 g/mol. The molecule has 0 spiro atoms. The Morgan fingerprint density at radius 2 is 1.72 bits per heavy atom. The molecular formula is C38H48F2N6O4. The third-order valence-electron chi connectivity index (χ3n) is 10.6. The van der Waals surface area contributed by atoms with E-state index in [1.165, 1.54) is 0 Å². The van der Waals surface area contributed by atoms with E-state index in [-0.39, 0.29) is 42.3 Å². The van der Waals surface area contributed by atoms with E-state index in [1.807, 2.05) is 55.7 Å². The van der Waals surface area contributed by atoms with Gasteiger partial charge in [-0.2, -0.15) is 0 Å². The van der Waals surface area contributed by atoms with E-state index in [0.29, 0.717) is 50.3 Å². The molecule has 0 unspecified atom stereocenters. The van der Waals surface area contributed by atoms with E-state index in [0.717, 1.165) is 64.1 Å². The maximum atomic E-state index is 14.0. The van der Waals surface area contributed by atoms with Gasteiger partial charge in [-0.3, -0.25) is 23.6 Å². The molecule has 12 heteroatoms. The number of aromatic nitrogens is 3. The largest absolute Gasteiger partial charge is 0.381 e. The summed E-state index contributed by atoms with van der Waals surface area (Å²) in [7, 11) is 1.76. The highest BCUT2D eigenvalue weighted by Gasteiger charge is 2.28. The molecule has 50 heavy (non-hydrogen) atoms. The van der Waals surface area contributed by atoms with Crippen molar-refractivity contribution in [3.8, 4) is 11.1 Å². The molecule has 2 aliphatic rings. The maximum Gasteiger partial charge on any atom is 0.329 e. The van der Waals surface area contributed by atoms with Crippen LogP contribution in [0.3, 0.4) is 0 Å². The Kier molecular flexibility index (Phi) is 10.6. The van der Waals surface area contributed by atoms with Crippen LogP contribution in [0.15, 0.2) is 46.0 Å². The van der Waals surface area contributed by atoms with E-state index >= 15 is 0 Å². The second-order valence-electron chi connectivity index (χ2n) is 13.8. The fraction of sp³-hybridized carbons (Fsp3) is 0.500. The number of H-pyrrole nitrogens is 1. The number of aromatic amines is 1. The zero-order valence-corrected chi connectivity index (χ0v) is 29.7. The van der Waals surface area contributed by atoms with Crippen LogP contribution in [0.4, 0.5) is 14.5 Å². The van der Waals surface area contributed by atoms with Crippen LogP contribution in [0.5, 0.6) is 0 Å². The lowest BCUT2D eigenvalue weighted by Gasteiger charge is -2.37. The Morgan fingerprint density at radius 3 is 2.38 bits per heavy atom. The highest BCUT2D eigenvalue weighted by atomic mass is 19.3. The molecule has 0 bridgehead atoms. The number of halogens is 2. The Labute approximate surface area is 291 Å². The van der Waals surface area contributed by atoms with Gasteiger partial charge < -0.3 is 19.9 Å². The van der Waals surface area contributed by atoms with Gasteiger partial charge >= 0.3 is 5.69 Å². The summed E-state index contributed by atoms with van der Waals surface area (Å²) in [5.41, 5.74) is 7.37. The summed E-state index contributed by atoms with van der Waals surface area (Å²) in [4.78, 5) is 47.2. The van der Waals surface area contributed by atoms with Crippen LogP contribution >= 0.6 is 0 Å². The number of fused-ring (bicyclic) bond motifs is 1. The van der Waals surface area contributed by atoms with Gasteiger partial charge in [0.25, 0.3) is 17.9 Å². The van der Waals surface area contributed by atoms with Crippen molar-refractivity contribution >= 4 is 22.6 Å². The minimum atomic E-state index is -2.37. The third-order valence-corrected chi connectivity index (χ3v) is 10.6. The molecule has 0 atom stereocenters. The smallest absolute Gasteiger partial charge is 0.329 e. The summed E-state index contributed by atoms with van der Waals surface area (Å²) < 4.78 is 35.1. The van der Waals surface area contributed by atoms with Gasteiger partial charge in [0, 0.05) is 81.0 Å². The number of hydrogen-bond acceptors (Lipinski definition) is 6. The summed E-state index contributed by atoms with van der Waals surface area (Å²) in [6.07, 6.45) is 0.650. The Balaban J connectivity index is 1.38. The number of pyridine rings is 1. The number of likely N-dealkylation sites (tertiary alicyclic amines) is 1. The maximum absolute atomic E-state index is 14.0. The quantitative estimate of drug-likeness (QED) is 0.229. The number of alkyl halides is 2. The first-order valence-corrected chi connectivity index (χ1v) is 17.6. The molecule has 2 aromatic carbocycles. The van der Waals surface area contributed by atoms with Gasteiger partial charge in [0.2, 0.25) is 0 Å². The number of aryl methyl sites for hydroxylation is 3. The summed E-state index contributed by atoms with van der Waals surface area (Å²) in [5.74, 6) is -0.272. The van der Waals surface area contributed by atoms with Gasteiger partial charge in [-0.05, 0) is 106 Å². The van der Waals surface area contributed by atoms with Crippen molar-refractivity contribution in [3.05, 3.63) is 85.2 Å². The van der Waals surface area contributed by atoms with Crippen molar-refractivity contribution < 1.29 is 18.3 Å². The lowest BCUT2D eigenvalue weighted by Crippen LogP contribution is -2.40. The summed E-state index contributed by atoms with van der Waals surface area (Å²) >= 11 is 0. The number of carbonyl (C=O) groups excluding carboxylic acids is 1. The molecule has 4 aromatic rings. The molecule has 0 radical (unpaired) electrons. The molecule has 1 amide bonds. The van der Waals surface area contributed by atoms with Gasteiger partial charge in [-0.15, -0.1) is 0 Å². The minimum absolute atomic E-state index is 0.0748. The molecule has 268 valence electrons. The second kappa shape index (κ2) is 14.9. The normalized spacial score (nSPS) is 16.4. The predicted molar refractivity (Wildman–Crippen MR) is 193 cm³/mol. The molecule has 2 aliphatic heterocycles. The first-order valence-electron chi connectivity index (χ1n) is 17.6. The molecule has 2 fully saturated rings. The SMILES string of the molecule is CCN(c1cc(-c2ccc3c(c2)n(C)c(=O)n3C2CCN(CC(F)F)CC2)cc(C(=O)NCc2c(C)cc(C)[nH]c2=O)c1C)C1CCOCC1. The lowest BCUT2D eigenvalue weighted by atomic mass is 9.95. The molecule has 2 N–H and O–H groups in total. The first kappa shape index (κ1) is 35.5. The van der Waals surface area contributed by atoms with Crippen LogP contribution in [0.25, 0.3) is 22.2 Å². The topological polar surface area (TPSA) is 105 Å². The fourth-order valence-corrected chi connectivity index (χ4v) is 7.84. The number of ether oxygens (including phenoxy) is 1. The van der Waals surface area contributed by atoms with Crippen molar-refractivity contribution in [3.63, 3.8) is 0 Å². The van der Waals surface area contributed by atoms with Crippen LogP contribution in [0.2, 0.25) is 0 Å². The second-order valence-corrected chi connectivity index (χ2v) is 13.8. The third kappa shape index (κ3) is 7.14. The first-order chi connectivity index (χ1) is 24.0. The summed E-state index contributed by atoms with van der Waals surface area (Å²) in [5, 5.41) is 3.01. The van der Waals surface area contributed by atoms with Crippen LogP contribution in [-0.4, -0.2) is 76.8 Å². The van der Waals surface area contributed by atoms with Crippen LogP contribution in [-0.2, 0) is 18.3 Å². The van der Waals surface area contributed by atoms with Crippen molar-refractivity contribution in [1.29, 1.82) is 0 Å². The summed E-state index contributed by atoms with van der Waals surface area (Å²) in [6, 6.07) is 12.1. The van der Waals surface area contributed by atoms with Gasteiger partial charge in [-0.25, -0.2) is 13.6 Å². The number of carbonyl (C=O) groups is 1. The number of nitrogens with zero attached hydrogens (tertiary/aromatic N) is 4. The van der Waals surface area contributed by atoms with Crippen LogP contribution in [0.1, 0.15) is 71.4 Å². The zero-order chi connectivity index (χ0) is 35.7. The number of imidazole rings is 1. The number of anilines is 1. The molecule has 2 aromatic heterocycles. The van der Waals surface area contributed by atoms with Gasteiger partial charge in [0.15, 0.2) is 0 Å². The van der Waals surface area contributed by atoms with Crippen molar-refractivity contribution in [2.24, 2.45) is 7.05 Å². The number of piperidine rings is 1. The lowest BCUT2D eigenvalue weighted by molar-refractivity contribution is 0.0702. The monoisotopic (exact) mass is 690 g/mol. The molecule has 10 nitrogen and oxygen atoms in total. The molecule has 0 saturated carbocycles. The van der Waals surface area contributed by atoms with Gasteiger partial charge in [0.1, 0.15) is 0 Å². The molecule has 4 heterocycles. The highest BCUT2D eigenvalue weighted by molar-refractivity contribution is 5.99. The van der Waals surface area contributed by atoms with E-state index in [4.69, 9.17) is 4.74 Å². The Morgan fingerprint density at radius 1 is 1.00 bits per heavy atom. The van der Waals surface area contributed by atoms with Crippen molar-refractivity contribution in [1.82, 2.24) is 24.3 Å². The van der Waals surface area contributed by atoms with E-state index in [9.17, 15) is 23.2 Å². The van der Waals surface area contributed by atoms with Crippen molar-refractivity contribution in [2.45, 2.75) is 78.4 Å². The number of nitrogens with one attached hydrogen (secondary N) is 2. The Hall–Kier alpha value is -4.29. The number of hydrogen-bond donors (Lipinski definition) is 2. The van der Waals surface area contributed by atoms with Gasteiger partial charge in [0.05, 0.1) is 17.6 Å². The minimum Gasteiger partial charge on any atom is -0.381 e. The van der Waals surface area contributed by atoms with E-state index in [1.54, 1.807) is 16.5 Å². The average Bonchev–Trinajstić information content (AvgIpc) is 3.34. The number of benzene rings is 2. The van der Waals surface area contributed by atoms with Crippen molar-refractivity contribution in [2.75, 3.05) is 44.3 Å². The number of amides is 1. The van der Waals surface area contributed by atoms with E-state index < -0.39 is 6.43 Å². The molecule has 6 rings (SSSR count). The van der Waals surface area contributed by atoms with Gasteiger partial charge in [-0.1, -0.05) is 6.07 Å². The molecule has 2 saturated heterocycles. The van der Waals surface area contributed by atoms with Crippen LogP contribution < -0.4 is 21.5 Å². The zero-order valence-electron chi connectivity index (χ0n) is 29.7. The highest BCUT2D eigenvalue weighted by Crippen LogP contribution is 2.35. The van der Waals surface area contributed by atoms with Crippen LogP contribution in [0, 0.1) is 20.8 Å². The number of rotatable bonds is 10. The molecular weight excluding hydrogens is 642 g/mol. The Bertz CT molecular complexity index is 1990.